The minimum Gasteiger partial charge on any atom is -0.476 e. The van der Waals surface area contributed by atoms with Gasteiger partial charge in [0, 0.05) is 23.6 Å². The van der Waals surface area contributed by atoms with E-state index in [1.165, 1.54) is 26.0 Å². The molecule has 2 N–H and O–H groups in total. The summed E-state index contributed by atoms with van der Waals surface area (Å²) in [5.74, 6) is -0.243. The number of carbonyl (C=O) groups is 1. The molecule has 0 aromatic heterocycles. The average molecular weight is 392 g/mol. The van der Waals surface area contributed by atoms with Gasteiger partial charge < -0.3 is 15.3 Å². The summed E-state index contributed by atoms with van der Waals surface area (Å²) < 4.78 is 5.60. The van der Waals surface area contributed by atoms with Crippen LogP contribution in [-0.4, -0.2) is 22.3 Å². The first-order chi connectivity index (χ1) is 12.7. The molecule has 9 heteroatoms. The van der Waals surface area contributed by atoms with E-state index >= 15 is 0 Å². The molecule has 0 unspecified atom stereocenters. The average Bonchev–Trinajstić information content (AvgIpc) is 2.62. The number of nitro groups is 1. The molecule has 2 rings (SSSR count). The zero-order valence-electron chi connectivity index (χ0n) is 14.7. The van der Waals surface area contributed by atoms with Gasteiger partial charge in [0.1, 0.15) is 11.6 Å². The second kappa shape index (κ2) is 8.50. The molecule has 0 aliphatic rings. The fourth-order valence-electron chi connectivity index (χ4n) is 2.03. The largest absolute Gasteiger partial charge is 0.476 e. The van der Waals surface area contributed by atoms with Crippen molar-refractivity contribution < 1.29 is 19.3 Å². The van der Waals surface area contributed by atoms with Crippen LogP contribution < -0.4 is 10.5 Å². The molecule has 0 fully saturated rings. The van der Waals surface area contributed by atoms with E-state index in [0.717, 1.165) is 0 Å². The lowest BCUT2D eigenvalue weighted by atomic mass is 10.1. The highest BCUT2D eigenvalue weighted by atomic mass is 35.5. The molecule has 27 heavy (non-hydrogen) atoms. The van der Waals surface area contributed by atoms with Gasteiger partial charge in [0.15, 0.2) is 0 Å². The normalized spacial score (nSPS) is 11.7. The minimum absolute atomic E-state index is 0.0261. The van der Waals surface area contributed by atoms with Crippen molar-refractivity contribution in [2.24, 2.45) is 10.9 Å². The lowest BCUT2D eigenvalue weighted by Crippen LogP contribution is -2.39. The van der Waals surface area contributed by atoms with Crippen molar-refractivity contribution in [3.05, 3.63) is 69.2 Å². The van der Waals surface area contributed by atoms with Crippen LogP contribution in [0.15, 0.2) is 53.7 Å². The summed E-state index contributed by atoms with van der Waals surface area (Å²) in [6, 6.07) is 12.4. The molecule has 0 radical (unpaired) electrons. The summed E-state index contributed by atoms with van der Waals surface area (Å²) >= 11 is 5.81. The maximum atomic E-state index is 12.2. The third kappa shape index (κ3) is 5.96. The molecule has 0 spiro atoms. The third-order valence-electron chi connectivity index (χ3n) is 3.46. The van der Waals surface area contributed by atoms with E-state index in [1.807, 2.05) is 0 Å². The van der Waals surface area contributed by atoms with Crippen LogP contribution in [0.2, 0.25) is 5.02 Å². The van der Waals surface area contributed by atoms with Gasteiger partial charge in [-0.2, -0.15) is 0 Å². The quantitative estimate of drug-likeness (QED) is 0.254. The highest BCUT2D eigenvalue weighted by molar-refractivity contribution is 6.30. The number of nitro benzene ring substituents is 1. The van der Waals surface area contributed by atoms with Crippen LogP contribution in [-0.2, 0) is 16.1 Å². The maximum Gasteiger partial charge on any atom is 0.377 e. The molecule has 2 aromatic rings. The Morgan fingerprint density at radius 1 is 1.19 bits per heavy atom. The summed E-state index contributed by atoms with van der Waals surface area (Å²) in [6.07, 6.45) is 0.170. The van der Waals surface area contributed by atoms with Crippen molar-refractivity contribution in [3.63, 3.8) is 0 Å². The maximum absolute atomic E-state index is 12.2. The Morgan fingerprint density at radius 2 is 1.78 bits per heavy atom. The van der Waals surface area contributed by atoms with Gasteiger partial charge in [-0.25, -0.2) is 4.79 Å². The van der Waals surface area contributed by atoms with Crippen molar-refractivity contribution in [1.29, 1.82) is 0 Å². The van der Waals surface area contributed by atoms with Gasteiger partial charge in [-0.3, -0.25) is 10.1 Å². The molecule has 2 aromatic carbocycles. The van der Waals surface area contributed by atoms with Gasteiger partial charge in [0.2, 0.25) is 5.60 Å². The van der Waals surface area contributed by atoms with Gasteiger partial charge in [-0.15, -0.1) is 0 Å². The van der Waals surface area contributed by atoms with Crippen LogP contribution in [0, 0.1) is 10.1 Å². The smallest absolute Gasteiger partial charge is 0.377 e. The second-order valence-electron chi connectivity index (χ2n) is 6.13. The van der Waals surface area contributed by atoms with Crippen molar-refractivity contribution in [2.75, 3.05) is 0 Å². The number of hydrogen-bond donors (Lipinski definition) is 1. The number of halogens is 1. The van der Waals surface area contributed by atoms with Gasteiger partial charge >= 0.3 is 5.97 Å². The number of benzene rings is 2. The Balaban J connectivity index is 1.95. The zero-order chi connectivity index (χ0) is 20.0. The third-order valence-corrected chi connectivity index (χ3v) is 3.71. The second-order valence-corrected chi connectivity index (χ2v) is 6.56. The molecule has 0 atom stereocenters. The molecule has 8 nitrogen and oxygen atoms in total. The van der Waals surface area contributed by atoms with Crippen LogP contribution in [0.5, 0.6) is 5.75 Å². The number of nitrogens with two attached hydrogens (primary N) is 1. The molecule has 142 valence electrons. The van der Waals surface area contributed by atoms with Crippen LogP contribution in [0.1, 0.15) is 19.4 Å². The first kappa shape index (κ1) is 20.2. The van der Waals surface area contributed by atoms with Crippen molar-refractivity contribution in [3.8, 4) is 5.75 Å². The van der Waals surface area contributed by atoms with E-state index in [0.29, 0.717) is 16.3 Å². The van der Waals surface area contributed by atoms with Gasteiger partial charge in [0.25, 0.3) is 5.69 Å². The number of non-ortho nitro benzene ring substituents is 1. The van der Waals surface area contributed by atoms with E-state index in [2.05, 4.69) is 5.16 Å². The Morgan fingerprint density at radius 3 is 2.33 bits per heavy atom. The number of amidine groups is 1. The van der Waals surface area contributed by atoms with Crippen LogP contribution in [0.25, 0.3) is 0 Å². The topological polar surface area (TPSA) is 117 Å². The molecular weight excluding hydrogens is 374 g/mol. The van der Waals surface area contributed by atoms with Crippen molar-refractivity contribution >= 4 is 29.1 Å². The fraction of sp³-hybridized carbons (Fsp3) is 0.222. The molecule has 0 amide bonds. The molecule has 0 aliphatic heterocycles. The van der Waals surface area contributed by atoms with Crippen LogP contribution >= 0.6 is 11.6 Å². The Kier molecular flexibility index (Phi) is 6.36. The number of nitrogens with zero attached hydrogens (tertiary/aromatic N) is 2. The van der Waals surface area contributed by atoms with E-state index in [-0.39, 0.29) is 17.9 Å². The van der Waals surface area contributed by atoms with Crippen LogP contribution in [0.3, 0.4) is 0 Å². The lowest BCUT2D eigenvalue weighted by molar-refractivity contribution is -0.384. The number of rotatable bonds is 7. The lowest BCUT2D eigenvalue weighted by Gasteiger charge is -2.22. The van der Waals surface area contributed by atoms with Crippen molar-refractivity contribution in [2.45, 2.75) is 25.9 Å². The molecule has 0 bridgehead atoms. The fourth-order valence-corrected chi connectivity index (χ4v) is 2.15. The zero-order valence-corrected chi connectivity index (χ0v) is 15.5. The van der Waals surface area contributed by atoms with Gasteiger partial charge in [-0.05, 0) is 43.7 Å². The van der Waals surface area contributed by atoms with Crippen molar-refractivity contribution in [1.82, 2.24) is 0 Å². The summed E-state index contributed by atoms with van der Waals surface area (Å²) in [7, 11) is 0. The monoisotopic (exact) mass is 391 g/mol. The number of hydrogen-bond acceptors (Lipinski definition) is 6. The minimum atomic E-state index is -1.30. The Bertz CT molecular complexity index is 848. The predicted octanol–water partition coefficient (Wildman–Crippen LogP) is 3.46. The van der Waals surface area contributed by atoms with E-state index in [9.17, 15) is 14.9 Å². The van der Waals surface area contributed by atoms with Gasteiger partial charge in [0.05, 0.1) is 4.92 Å². The standard InChI is InChI=1S/C18H18ClN3O5/c1-18(2,26-15-9-5-13(19)6-10-15)17(23)27-21-16(20)11-12-3-7-14(8-4-12)22(24)25/h3-10H,11H2,1-2H3,(H2,20,21). The first-order valence-electron chi connectivity index (χ1n) is 7.89. The summed E-state index contributed by atoms with van der Waals surface area (Å²) in [5.41, 5.74) is 5.11. The summed E-state index contributed by atoms with van der Waals surface area (Å²) in [4.78, 5) is 27.2. The van der Waals surface area contributed by atoms with E-state index < -0.39 is 16.5 Å². The SMILES string of the molecule is CC(C)(Oc1ccc(Cl)cc1)C(=O)ON=C(N)Cc1ccc([N+](=O)[O-])cc1. The molecule has 0 saturated carbocycles. The number of ether oxygens (including phenoxy) is 1. The molecule has 0 saturated heterocycles. The van der Waals surface area contributed by atoms with Gasteiger partial charge in [-0.1, -0.05) is 28.9 Å². The Labute approximate surface area is 160 Å². The number of carbonyl (C=O) groups excluding carboxylic acids is 1. The Hall–Kier alpha value is -3.13. The highest BCUT2D eigenvalue weighted by Gasteiger charge is 2.32. The molecule has 0 aliphatic carbocycles. The first-order valence-corrected chi connectivity index (χ1v) is 8.27. The predicted molar refractivity (Wildman–Crippen MR) is 101 cm³/mol. The molecule has 0 heterocycles. The highest BCUT2D eigenvalue weighted by Crippen LogP contribution is 2.22. The van der Waals surface area contributed by atoms with E-state index in [4.69, 9.17) is 26.9 Å². The summed E-state index contributed by atoms with van der Waals surface area (Å²) in [6.45, 7) is 3.07. The van der Waals surface area contributed by atoms with Crippen LogP contribution in [0.4, 0.5) is 5.69 Å². The number of oxime groups is 1. The molecular formula is C18H18ClN3O5. The summed E-state index contributed by atoms with van der Waals surface area (Å²) in [5, 5.41) is 14.8. The van der Waals surface area contributed by atoms with E-state index in [1.54, 1.807) is 36.4 Å².